The van der Waals surface area contributed by atoms with Crippen molar-refractivity contribution in [2.24, 2.45) is 0 Å². The van der Waals surface area contributed by atoms with Gasteiger partial charge in [0.25, 0.3) is 5.91 Å². The second-order valence-electron chi connectivity index (χ2n) is 6.10. The zero-order valence-corrected chi connectivity index (χ0v) is 13.3. The van der Waals surface area contributed by atoms with Crippen LogP contribution in [0.2, 0.25) is 0 Å². The maximum atomic E-state index is 12.5. The van der Waals surface area contributed by atoms with Crippen molar-refractivity contribution in [3.05, 3.63) is 45.8 Å². The Balaban J connectivity index is 2.04. The summed E-state index contributed by atoms with van der Waals surface area (Å²) in [5.41, 5.74) is 0.635. The van der Waals surface area contributed by atoms with Gasteiger partial charge in [-0.2, -0.15) is 0 Å². The molecule has 1 aliphatic rings. The number of aryl methyl sites for hydroxylation is 1. The predicted molar refractivity (Wildman–Crippen MR) is 85.0 cm³/mol. The van der Waals surface area contributed by atoms with E-state index >= 15 is 0 Å². The number of benzene rings is 1. The molecule has 0 aliphatic carbocycles. The quantitative estimate of drug-likeness (QED) is 0.696. The topological polar surface area (TPSA) is 79.6 Å². The Bertz CT molecular complexity index is 871. The Hall–Kier alpha value is -2.63. The number of nitrogens with zero attached hydrogens (tertiary/aromatic N) is 1. The van der Waals surface area contributed by atoms with Gasteiger partial charge in [-0.3, -0.25) is 9.69 Å². The Kier molecular flexibility index (Phi) is 3.47. The van der Waals surface area contributed by atoms with Crippen molar-refractivity contribution in [3.63, 3.8) is 0 Å². The lowest BCUT2D eigenvalue weighted by atomic mass is 9.99. The van der Waals surface area contributed by atoms with E-state index in [0.717, 1.165) is 15.8 Å². The summed E-state index contributed by atoms with van der Waals surface area (Å²) in [6, 6.07) is 6.39. The molecular weight excluding hydrogens is 296 g/mol. The number of rotatable bonds is 3. The van der Waals surface area contributed by atoms with Crippen molar-refractivity contribution in [3.8, 4) is 0 Å². The van der Waals surface area contributed by atoms with E-state index in [9.17, 15) is 14.4 Å². The van der Waals surface area contributed by atoms with Crippen molar-refractivity contribution in [2.75, 3.05) is 0 Å². The van der Waals surface area contributed by atoms with Gasteiger partial charge in [-0.05, 0) is 37.5 Å². The zero-order valence-electron chi connectivity index (χ0n) is 13.3. The Morgan fingerprint density at radius 2 is 1.96 bits per heavy atom. The molecule has 0 spiro atoms. The lowest BCUT2D eigenvalue weighted by Crippen LogP contribution is -2.43. The van der Waals surface area contributed by atoms with Crippen LogP contribution in [0.25, 0.3) is 11.0 Å². The largest absolute Gasteiger partial charge is 0.423 e. The molecule has 1 atom stereocenters. The summed E-state index contributed by atoms with van der Waals surface area (Å²) in [5.74, 6) is -0.279. The fourth-order valence-electron chi connectivity index (χ4n) is 2.77. The second kappa shape index (κ2) is 5.22. The highest BCUT2D eigenvalue weighted by Crippen LogP contribution is 2.25. The molecule has 2 heterocycles. The molecule has 6 nitrogen and oxygen atoms in total. The van der Waals surface area contributed by atoms with Crippen molar-refractivity contribution in [2.45, 2.75) is 39.3 Å². The van der Waals surface area contributed by atoms with Crippen LogP contribution in [0.4, 0.5) is 4.79 Å². The number of nitrogens with one attached hydrogen (secondary N) is 1. The van der Waals surface area contributed by atoms with Crippen LogP contribution in [0.15, 0.2) is 33.5 Å². The molecule has 0 unspecified atom stereocenters. The van der Waals surface area contributed by atoms with Gasteiger partial charge in [0.1, 0.15) is 11.1 Å². The number of fused-ring (bicyclic) bond motifs is 1. The number of hydrogen-bond donors (Lipinski definition) is 1. The lowest BCUT2D eigenvalue weighted by Gasteiger charge is -2.19. The van der Waals surface area contributed by atoms with Gasteiger partial charge in [-0.25, -0.2) is 9.59 Å². The molecule has 23 heavy (non-hydrogen) atoms. The van der Waals surface area contributed by atoms with Crippen molar-refractivity contribution in [1.29, 1.82) is 0 Å². The smallest absolute Gasteiger partial charge is 0.336 e. The fourth-order valence-corrected chi connectivity index (χ4v) is 2.77. The summed E-state index contributed by atoms with van der Waals surface area (Å²) in [4.78, 5) is 37.5. The van der Waals surface area contributed by atoms with Crippen LogP contribution in [-0.4, -0.2) is 22.4 Å². The molecule has 6 heteroatoms. The van der Waals surface area contributed by atoms with Crippen molar-refractivity contribution < 1.29 is 14.0 Å². The normalized spacial score (nSPS) is 21.1. The summed E-state index contributed by atoms with van der Waals surface area (Å²) >= 11 is 0. The number of carbonyl (C=O) groups excluding carboxylic acids is 2. The SMILES string of the molecule is CC[C@@]1(C)NC(=O)N(Cc2cc(=O)oc3cc(C)ccc23)C1=O. The predicted octanol–water partition coefficient (Wildman–Crippen LogP) is 2.32. The van der Waals surface area contributed by atoms with E-state index in [0.29, 0.717) is 17.6 Å². The number of imide groups is 1. The summed E-state index contributed by atoms with van der Waals surface area (Å²) in [7, 11) is 0. The Labute approximate surface area is 133 Å². The average Bonchev–Trinajstić information content (AvgIpc) is 2.70. The van der Waals surface area contributed by atoms with Crippen LogP contribution in [0.5, 0.6) is 0 Å². The van der Waals surface area contributed by atoms with E-state index < -0.39 is 17.2 Å². The van der Waals surface area contributed by atoms with Crippen molar-refractivity contribution in [1.82, 2.24) is 10.2 Å². The molecule has 0 bridgehead atoms. The van der Waals surface area contributed by atoms with Crippen LogP contribution in [0, 0.1) is 6.92 Å². The monoisotopic (exact) mass is 314 g/mol. The molecule has 120 valence electrons. The van der Waals surface area contributed by atoms with E-state index in [1.54, 1.807) is 13.0 Å². The third kappa shape index (κ3) is 2.50. The van der Waals surface area contributed by atoms with E-state index in [4.69, 9.17) is 4.42 Å². The van der Waals surface area contributed by atoms with Gasteiger partial charge in [0, 0.05) is 11.5 Å². The lowest BCUT2D eigenvalue weighted by molar-refractivity contribution is -0.131. The first-order chi connectivity index (χ1) is 10.8. The summed E-state index contributed by atoms with van der Waals surface area (Å²) in [6.45, 7) is 5.49. The van der Waals surface area contributed by atoms with E-state index in [1.165, 1.54) is 6.07 Å². The highest BCUT2D eigenvalue weighted by Gasteiger charge is 2.46. The van der Waals surface area contributed by atoms with Crippen LogP contribution in [-0.2, 0) is 11.3 Å². The maximum absolute atomic E-state index is 12.5. The number of urea groups is 1. The molecular formula is C17H18N2O4. The molecule has 1 aromatic carbocycles. The van der Waals surface area contributed by atoms with Gasteiger partial charge in [0.2, 0.25) is 0 Å². The number of hydrogen-bond acceptors (Lipinski definition) is 4. The molecule has 3 rings (SSSR count). The minimum atomic E-state index is -0.886. The first-order valence-electron chi connectivity index (χ1n) is 7.51. The fraction of sp³-hybridized carbons (Fsp3) is 0.353. The first kappa shape index (κ1) is 15.3. The molecule has 1 fully saturated rings. The first-order valence-corrected chi connectivity index (χ1v) is 7.51. The van der Waals surface area contributed by atoms with Gasteiger partial charge < -0.3 is 9.73 Å². The molecule has 0 radical (unpaired) electrons. The third-order valence-electron chi connectivity index (χ3n) is 4.37. The van der Waals surface area contributed by atoms with Gasteiger partial charge in [0.15, 0.2) is 0 Å². The number of amides is 3. The molecule has 1 aliphatic heterocycles. The third-order valence-corrected chi connectivity index (χ3v) is 4.37. The van der Waals surface area contributed by atoms with Crippen LogP contribution in [0.1, 0.15) is 31.4 Å². The van der Waals surface area contributed by atoms with Crippen LogP contribution >= 0.6 is 0 Å². The van der Waals surface area contributed by atoms with Crippen LogP contribution < -0.4 is 10.9 Å². The van der Waals surface area contributed by atoms with Gasteiger partial charge in [0.05, 0.1) is 6.54 Å². The van der Waals surface area contributed by atoms with E-state index in [-0.39, 0.29) is 12.5 Å². The molecule has 1 saturated heterocycles. The molecule has 0 saturated carbocycles. The maximum Gasteiger partial charge on any atom is 0.336 e. The van der Waals surface area contributed by atoms with Gasteiger partial charge >= 0.3 is 11.7 Å². The Morgan fingerprint density at radius 3 is 2.61 bits per heavy atom. The standard InChI is InChI=1S/C17H18N2O4/c1-4-17(3)15(21)19(16(22)18-17)9-11-8-14(20)23-13-7-10(2)5-6-12(11)13/h5-8H,4,9H2,1-3H3,(H,18,22)/t17-/m1/s1. The minimum absolute atomic E-state index is 0.0470. The molecule has 2 aromatic rings. The zero-order chi connectivity index (χ0) is 16.8. The highest BCUT2D eigenvalue weighted by molar-refractivity contribution is 6.06. The van der Waals surface area contributed by atoms with Crippen LogP contribution in [0.3, 0.4) is 0 Å². The molecule has 1 N–H and O–H groups in total. The summed E-state index contributed by atoms with van der Waals surface area (Å²) in [6.07, 6.45) is 0.505. The average molecular weight is 314 g/mol. The van der Waals surface area contributed by atoms with E-state index in [2.05, 4.69) is 5.32 Å². The number of carbonyl (C=O) groups is 2. The highest BCUT2D eigenvalue weighted by atomic mass is 16.4. The van der Waals surface area contributed by atoms with E-state index in [1.807, 2.05) is 26.0 Å². The minimum Gasteiger partial charge on any atom is -0.423 e. The molecule has 3 amide bonds. The Morgan fingerprint density at radius 1 is 1.22 bits per heavy atom. The molecule has 1 aromatic heterocycles. The van der Waals surface area contributed by atoms with Gasteiger partial charge in [-0.15, -0.1) is 0 Å². The summed E-state index contributed by atoms with van der Waals surface area (Å²) in [5, 5.41) is 3.43. The summed E-state index contributed by atoms with van der Waals surface area (Å²) < 4.78 is 5.20. The van der Waals surface area contributed by atoms with Gasteiger partial charge in [-0.1, -0.05) is 19.1 Å². The van der Waals surface area contributed by atoms with Crippen molar-refractivity contribution >= 4 is 22.9 Å². The second-order valence-corrected chi connectivity index (χ2v) is 6.10.